The summed E-state index contributed by atoms with van der Waals surface area (Å²) in [5, 5.41) is 0. The number of carbonyl (C=O) groups is 1. The van der Waals surface area contributed by atoms with E-state index >= 15 is 0 Å². The van der Waals surface area contributed by atoms with Crippen molar-refractivity contribution in [2.75, 3.05) is 0 Å². The van der Waals surface area contributed by atoms with Crippen LogP contribution >= 0.6 is 0 Å². The van der Waals surface area contributed by atoms with E-state index in [0.717, 1.165) is 19.3 Å². The maximum Gasteiger partial charge on any atom is 0.251 e. The summed E-state index contributed by atoms with van der Waals surface area (Å²) in [6, 6.07) is 0. The lowest BCUT2D eigenvalue weighted by atomic mass is 10.0. The van der Waals surface area contributed by atoms with E-state index in [-0.39, 0.29) is 0 Å². The Morgan fingerprint density at radius 3 is 1.76 bits per heavy atom. The summed E-state index contributed by atoms with van der Waals surface area (Å²) < 4.78 is 12.8. The van der Waals surface area contributed by atoms with Crippen LogP contribution in [0.25, 0.3) is 0 Å². The quantitative estimate of drug-likeness (QED) is 0.516. The van der Waals surface area contributed by atoms with Gasteiger partial charge in [0.2, 0.25) is 0 Å². The molecule has 0 aromatic rings. The standard InChI is InChI=1S/C14H28FNO/c1-2-3-4-5-6-7-8-9-10-11-12-13(15)14(16)17/h13H,2-12H2,1H3,(H2,16,17)/t13-/m0/s1. The number of hydrogen-bond donors (Lipinski definition) is 1. The minimum absolute atomic E-state index is 0.297. The molecule has 0 aliphatic carbocycles. The first-order valence-electron chi connectivity index (χ1n) is 7.12. The number of halogens is 1. The van der Waals surface area contributed by atoms with Crippen molar-refractivity contribution in [1.82, 2.24) is 0 Å². The second-order valence-electron chi connectivity index (χ2n) is 4.84. The van der Waals surface area contributed by atoms with Gasteiger partial charge >= 0.3 is 0 Å². The second-order valence-corrected chi connectivity index (χ2v) is 4.84. The van der Waals surface area contributed by atoms with E-state index in [1.54, 1.807) is 0 Å². The average Bonchev–Trinajstić information content (AvgIpc) is 2.31. The normalized spacial score (nSPS) is 12.6. The predicted octanol–water partition coefficient (Wildman–Crippen LogP) is 4.12. The Bertz CT molecular complexity index is 185. The van der Waals surface area contributed by atoms with Crippen LogP contribution in [0.15, 0.2) is 0 Å². The van der Waals surface area contributed by atoms with Gasteiger partial charge < -0.3 is 5.73 Å². The molecule has 17 heavy (non-hydrogen) atoms. The molecule has 0 spiro atoms. The van der Waals surface area contributed by atoms with Crippen LogP contribution in [0.5, 0.6) is 0 Å². The number of primary amides is 1. The number of rotatable bonds is 12. The van der Waals surface area contributed by atoms with Crippen LogP contribution in [0, 0.1) is 0 Å². The lowest BCUT2D eigenvalue weighted by molar-refractivity contribution is -0.122. The third-order valence-electron chi connectivity index (χ3n) is 3.12. The highest BCUT2D eigenvalue weighted by atomic mass is 19.1. The SMILES string of the molecule is CCCCCCCCCCCC[C@H](F)C(N)=O. The van der Waals surface area contributed by atoms with E-state index in [2.05, 4.69) is 6.92 Å². The minimum atomic E-state index is -1.44. The van der Waals surface area contributed by atoms with Crippen molar-refractivity contribution < 1.29 is 9.18 Å². The van der Waals surface area contributed by atoms with Gasteiger partial charge in [0.15, 0.2) is 6.17 Å². The van der Waals surface area contributed by atoms with Gasteiger partial charge in [-0.25, -0.2) is 4.39 Å². The zero-order valence-corrected chi connectivity index (χ0v) is 11.2. The van der Waals surface area contributed by atoms with Gasteiger partial charge in [0.25, 0.3) is 5.91 Å². The Hall–Kier alpha value is -0.600. The number of nitrogens with two attached hydrogens (primary N) is 1. The summed E-state index contributed by atoms with van der Waals surface area (Å²) in [5.41, 5.74) is 4.84. The smallest absolute Gasteiger partial charge is 0.251 e. The molecule has 0 rings (SSSR count). The molecule has 0 radical (unpaired) electrons. The van der Waals surface area contributed by atoms with Crippen molar-refractivity contribution in [2.24, 2.45) is 5.73 Å². The highest BCUT2D eigenvalue weighted by Crippen LogP contribution is 2.12. The largest absolute Gasteiger partial charge is 0.367 e. The summed E-state index contributed by atoms with van der Waals surface area (Å²) in [6.45, 7) is 2.23. The molecule has 0 aromatic heterocycles. The van der Waals surface area contributed by atoms with E-state index in [1.165, 1.54) is 44.9 Å². The summed E-state index contributed by atoms with van der Waals surface area (Å²) in [7, 11) is 0. The van der Waals surface area contributed by atoms with Crippen LogP contribution in [0.4, 0.5) is 4.39 Å². The molecular weight excluding hydrogens is 217 g/mol. The highest BCUT2D eigenvalue weighted by molar-refractivity contribution is 5.78. The summed E-state index contributed by atoms with van der Waals surface area (Å²) >= 11 is 0. The molecule has 2 N–H and O–H groups in total. The molecule has 1 amide bonds. The Labute approximate surface area is 105 Å². The Morgan fingerprint density at radius 2 is 1.35 bits per heavy atom. The molecule has 1 atom stereocenters. The van der Waals surface area contributed by atoms with Crippen molar-refractivity contribution >= 4 is 5.91 Å². The first-order chi connectivity index (χ1) is 8.18. The molecule has 102 valence electrons. The summed E-state index contributed by atoms with van der Waals surface area (Å²) in [5.74, 6) is -0.819. The van der Waals surface area contributed by atoms with Gasteiger partial charge in [-0.05, 0) is 6.42 Å². The topological polar surface area (TPSA) is 43.1 Å². The van der Waals surface area contributed by atoms with Gasteiger partial charge in [-0.15, -0.1) is 0 Å². The Morgan fingerprint density at radius 1 is 0.941 bits per heavy atom. The molecule has 0 aromatic carbocycles. The van der Waals surface area contributed by atoms with Gasteiger partial charge in [-0.2, -0.15) is 0 Å². The lowest BCUT2D eigenvalue weighted by Gasteiger charge is -2.04. The molecule has 2 nitrogen and oxygen atoms in total. The zero-order chi connectivity index (χ0) is 12.9. The maximum absolute atomic E-state index is 12.8. The van der Waals surface area contributed by atoms with Crippen LogP contribution in [-0.2, 0) is 4.79 Å². The van der Waals surface area contributed by atoms with Crippen LogP contribution in [0.1, 0.15) is 77.6 Å². The summed E-state index contributed by atoms with van der Waals surface area (Å²) in [4.78, 5) is 10.4. The van der Waals surface area contributed by atoms with E-state index in [9.17, 15) is 9.18 Å². The number of amides is 1. The fraction of sp³-hybridized carbons (Fsp3) is 0.929. The molecule has 0 bridgehead atoms. The molecule has 0 heterocycles. The fourth-order valence-electron chi connectivity index (χ4n) is 1.95. The van der Waals surface area contributed by atoms with E-state index < -0.39 is 12.1 Å². The molecule has 0 aliphatic rings. The first kappa shape index (κ1) is 16.4. The van der Waals surface area contributed by atoms with Crippen molar-refractivity contribution in [3.63, 3.8) is 0 Å². The highest BCUT2D eigenvalue weighted by Gasteiger charge is 2.11. The first-order valence-corrected chi connectivity index (χ1v) is 7.12. The van der Waals surface area contributed by atoms with Crippen molar-refractivity contribution in [3.8, 4) is 0 Å². The predicted molar refractivity (Wildman–Crippen MR) is 70.6 cm³/mol. The average molecular weight is 245 g/mol. The third kappa shape index (κ3) is 11.7. The zero-order valence-electron chi connectivity index (χ0n) is 11.2. The number of hydrogen-bond acceptors (Lipinski definition) is 1. The molecule has 3 heteroatoms. The molecular formula is C14H28FNO. The monoisotopic (exact) mass is 245 g/mol. The summed E-state index contributed by atoms with van der Waals surface area (Å²) in [6.07, 6.45) is 11.0. The van der Waals surface area contributed by atoms with Crippen molar-refractivity contribution in [3.05, 3.63) is 0 Å². The second kappa shape index (κ2) is 11.9. The molecule has 0 aliphatic heterocycles. The van der Waals surface area contributed by atoms with E-state index in [0.29, 0.717) is 6.42 Å². The molecule has 0 saturated carbocycles. The van der Waals surface area contributed by atoms with Gasteiger partial charge in [0, 0.05) is 0 Å². The van der Waals surface area contributed by atoms with Crippen LogP contribution < -0.4 is 5.73 Å². The molecule has 0 unspecified atom stereocenters. The minimum Gasteiger partial charge on any atom is -0.367 e. The Balaban J connectivity index is 3.06. The number of carbonyl (C=O) groups excluding carboxylic acids is 1. The van der Waals surface area contributed by atoms with Crippen LogP contribution in [0.3, 0.4) is 0 Å². The van der Waals surface area contributed by atoms with Gasteiger partial charge in [0.05, 0.1) is 0 Å². The maximum atomic E-state index is 12.8. The van der Waals surface area contributed by atoms with Crippen molar-refractivity contribution in [1.29, 1.82) is 0 Å². The number of alkyl halides is 1. The third-order valence-corrected chi connectivity index (χ3v) is 3.12. The van der Waals surface area contributed by atoms with E-state index in [1.807, 2.05) is 0 Å². The fourth-order valence-corrected chi connectivity index (χ4v) is 1.95. The van der Waals surface area contributed by atoms with Gasteiger partial charge in [-0.1, -0.05) is 71.1 Å². The van der Waals surface area contributed by atoms with Gasteiger partial charge in [-0.3, -0.25) is 4.79 Å². The van der Waals surface area contributed by atoms with Crippen LogP contribution in [-0.4, -0.2) is 12.1 Å². The van der Waals surface area contributed by atoms with Crippen LogP contribution in [0.2, 0.25) is 0 Å². The number of unbranched alkanes of at least 4 members (excludes halogenated alkanes) is 9. The Kier molecular flexibility index (Phi) is 11.5. The molecule has 0 fully saturated rings. The van der Waals surface area contributed by atoms with E-state index in [4.69, 9.17) is 5.73 Å². The molecule has 0 saturated heterocycles. The lowest BCUT2D eigenvalue weighted by Crippen LogP contribution is -2.24. The van der Waals surface area contributed by atoms with Crippen molar-refractivity contribution in [2.45, 2.75) is 83.7 Å². The van der Waals surface area contributed by atoms with Gasteiger partial charge in [0.1, 0.15) is 0 Å².